The number of aliphatic hydroxyl groups is 1. The van der Waals surface area contributed by atoms with Crippen molar-refractivity contribution in [3.8, 4) is 0 Å². The quantitative estimate of drug-likeness (QED) is 0.520. The zero-order valence-electron chi connectivity index (χ0n) is 5.68. The summed E-state index contributed by atoms with van der Waals surface area (Å²) in [6, 6.07) is 0. The Morgan fingerprint density at radius 3 is 2.56 bits per heavy atom. The predicted molar refractivity (Wildman–Crippen MR) is 38.7 cm³/mol. The van der Waals surface area contributed by atoms with Crippen LogP contribution in [0.1, 0.15) is 26.2 Å². The number of rotatable bonds is 0. The average molecular weight is 149 g/mol. The van der Waals surface area contributed by atoms with E-state index in [0.717, 1.165) is 19.3 Å². The Morgan fingerprint density at radius 2 is 2.11 bits per heavy atom. The molecular formula is C7H13ClO. The van der Waals surface area contributed by atoms with Crippen LogP contribution in [0.4, 0.5) is 0 Å². The normalized spacial score (nSPS) is 45.0. The molecule has 1 aliphatic carbocycles. The van der Waals surface area contributed by atoms with Crippen molar-refractivity contribution >= 4 is 11.6 Å². The van der Waals surface area contributed by atoms with E-state index in [2.05, 4.69) is 6.92 Å². The van der Waals surface area contributed by atoms with Gasteiger partial charge in [-0.15, -0.1) is 11.6 Å². The van der Waals surface area contributed by atoms with Crippen molar-refractivity contribution in [1.82, 2.24) is 0 Å². The van der Waals surface area contributed by atoms with E-state index in [1.54, 1.807) is 0 Å². The maximum absolute atomic E-state index is 9.24. The van der Waals surface area contributed by atoms with E-state index >= 15 is 0 Å². The van der Waals surface area contributed by atoms with E-state index in [0.29, 0.717) is 11.3 Å². The van der Waals surface area contributed by atoms with Crippen LogP contribution in [0.15, 0.2) is 0 Å². The standard InChI is InChI=1S/C7H13ClO/c1-5-4-6(8)2-3-7(5)9/h5-7,9H,2-4H2,1H3. The lowest BCUT2D eigenvalue weighted by atomic mass is 9.88. The average Bonchev–Trinajstić information content (AvgIpc) is 1.80. The van der Waals surface area contributed by atoms with Crippen LogP contribution in [0.2, 0.25) is 0 Å². The van der Waals surface area contributed by atoms with Gasteiger partial charge in [-0.3, -0.25) is 0 Å². The molecule has 1 fully saturated rings. The Bertz CT molecular complexity index is 94.9. The second-order valence-electron chi connectivity index (χ2n) is 2.95. The Morgan fingerprint density at radius 1 is 1.44 bits per heavy atom. The van der Waals surface area contributed by atoms with E-state index in [1.165, 1.54) is 0 Å². The molecule has 0 radical (unpaired) electrons. The molecule has 1 nitrogen and oxygen atoms in total. The maximum atomic E-state index is 9.24. The van der Waals surface area contributed by atoms with Gasteiger partial charge in [0.25, 0.3) is 0 Å². The van der Waals surface area contributed by atoms with Crippen molar-refractivity contribution in [2.75, 3.05) is 0 Å². The Hall–Kier alpha value is 0.250. The molecule has 3 unspecified atom stereocenters. The van der Waals surface area contributed by atoms with Gasteiger partial charge in [0, 0.05) is 5.38 Å². The van der Waals surface area contributed by atoms with Crippen molar-refractivity contribution in [1.29, 1.82) is 0 Å². The molecule has 0 aromatic carbocycles. The van der Waals surface area contributed by atoms with Gasteiger partial charge >= 0.3 is 0 Å². The third kappa shape index (κ3) is 1.84. The van der Waals surface area contributed by atoms with E-state index in [9.17, 15) is 5.11 Å². The van der Waals surface area contributed by atoms with Crippen LogP contribution in [-0.4, -0.2) is 16.6 Å². The Kier molecular flexibility index (Phi) is 2.36. The van der Waals surface area contributed by atoms with Gasteiger partial charge in [0.15, 0.2) is 0 Å². The fourth-order valence-electron chi connectivity index (χ4n) is 1.31. The van der Waals surface area contributed by atoms with Crippen LogP contribution >= 0.6 is 11.6 Å². The Balaban J connectivity index is 2.35. The van der Waals surface area contributed by atoms with Gasteiger partial charge in [0.1, 0.15) is 0 Å². The third-order valence-electron chi connectivity index (χ3n) is 2.06. The minimum absolute atomic E-state index is 0.0972. The molecule has 0 aliphatic heterocycles. The van der Waals surface area contributed by atoms with Crippen LogP contribution in [-0.2, 0) is 0 Å². The van der Waals surface area contributed by atoms with Crippen molar-refractivity contribution in [2.45, 2.75) is 37.7 Å². The Labute approximate surface area is 61.0 Å². The first-order valence-corrected chi connectivity index (χ1v) is 3.96. The minimum Gasteiger partial charge on any atom is -0.393 e. The summed E-state index contributed by atoms with van der Waals surface area (Å²) in [5, 5.41) is 9.55. The molecule has 9 heavy (non-hydrogen) atoms. The first-order chi connectivity index (χ1) is 4.20. The molecular weight excluding hydrogens is 136 g/mol. The molecule has 0 aromatic rings. The first kappa shape index (κ1) is 7.36. The minimum atomic E-state index is -0.0972. The van der Waals surface area contributed by atoms with Gasteiger partial charge in [-0.2, -0.15) is 0 Å². The van der Waals surface area contributed by atoms with Gasteiger partial charge in [-0.1, -0.05) is 6.92 Å². The summed E-state index contributed by atoms with van der Waals surface area (Å²) in [5.41, 5.74) is 0. The smallest absolute Gasteiger partial charge is 0.0566 e. The van der Waals surface area contributed by atoms with Gasteiger partial charge in [0.05, 0.1) is 6.10 Å². The van der Waals surface area contributed by atoms with Gasteiger partial charge < -0.3 is 5.11 Å². The van der Waals surface area contributed by atoms with Crippen LogP contribution in [0.3, 0.4) is 0 Å². The number of alkyl halides is 1. The summed E-state index contributed by atoms with van der Waals surface area (Å²) >= 11 is 5.87. The lowest BCUT2D eigenvalue weighted by Crippen LogP contribution is -2.27. The van der Waals surface area contributed by atoms with Crippen molar-refractivity contribution in [3.05, 3.63) is 0 Å². The molecule has 1 aliphatic rings. The molecule has 0 saturated heterocycles. The van der Waals surface area contributed by atoms with E-state index < -0.39 is 0 Å². The first-order valence-electron chi connectivity index (χ1n) is 3.52. The fraction of sp³-hybridized carbons (Fsp3) is 1.00. The lowest BCUT2D eigenvalue weighted by molar-refractivity contribution is 0.0807. The molecule has 1 saturated carbocycles. The molecule has 1 rings (SSSR count). The van der Waals surface area contributed by atoms with Crippen LogP contribution in [0, 0.1) is 5.92 Å². The van der Waals surface area contributed by atoms with Crippen LogP contribution in [0.25, 0.3) is 0 Å². The third-order valence-corrected chi connectivity index (χ3v) is 2.46. The van der Waals surface area contributed by atoms with Gasteiger partial charge in [-0.25, -0.2) is 0 Å². The van der Waals surface area contributed by atoms with Gasteiger partial charge in [0.2, 0.25) is 0 Å². The second-order valence-corrected chi connectivity index (χ2v) is 3.57. The SMILES string of the molecule is CC1CC(Cl)CCC1O. The summed E-state index contributed by atoms with van der Waals surface area (Å²) in [7, 11) is 0. The number of aliphatic hydroxyl groups excluding tert-OH is 1. The number of hydrogen-bond acceptors (Lipinski definition) is 1. The lowest BCUT2D eigenvalue weighted by Gasteiger charge is -2.27. The number of hydrogen-bond donors (Lipinski definition) is 1. The van der Waals surface area contributed by atoms with Crippen LogP contribution < -0.4 is 0 Å². The van der Waals surface area contributed by atoms with E-state index in [1.807, 2.05) is 0 Å². The summed E-state index contributed by atoms with van der Waals surface area (Å²) < 4.78 is 0. The molecule has 1 N–H and O–H groups in total. The van der Waals surface area contributed by atoms with Crippen molar-refractivity contribution in [3.63, 3.8) is 0 Å². The second kappa shape index (κ2) is 2.89. The topological polar surface area (TPSA) is 20.2 Å². The zero-order chi connectivity index (χ0) is 6.85. The zero-order valence-corrected chi connectivity index (χ0v) is 6.43. The monoisotopic (exact) mass is 148 g/mol. The molecule has 3 atom stereocenters. The van der Waals surface area contributed by atoms with Crippen LogP contribution in [0.5, 0.6) is 0 Å². The van der Waals surface area contributed by atoms with Crippen molar-refractivity contribution in [2.24, 2.45) is 5.92 Å². The van der Waals surface area contributed by atoms with E-state index in [4.69, 9.17) is 11.6 Å². The largest absolute Gasteiger partial charge is 0.393 e. The molecule has 0 spiro atoms. The molecule has 0 aromatic heterocycles. The molecule has 54 valence electrons. The summed E-state index contributed by atoms with van der Waals surface area (Å²) in [4.78, 5) is 0. The molecule has 2 heteroatoms. The highest BCUT2D eigenvalue weighted by Crippen LogP contribution is 2.27. The molecule has 0 amide bonds. The fourth-order valence-corrected chi connectivity index (χ4v) is 1.72. The summed E-state index contributed by atoms with van der Waals surface area (Å²) in [6.45, 7) is 2.05. The maximum Gasteiger partial charge on any atom is 0.0566 e. The van der Waals surface area contributed by atoms with Crippen molar-refractivity contribution < 1.29 is 5.11 Å². The molecule has 0 heterocycles. The number of halogens is 1. The predicted octanol–water partition coefficient (Wildman–Crippen LogP) is 1.77. The van der Waals surface area contributed by atoms with Gasteiger partial charge in [-0.05, 0) is 25.2 Å². The van der Waals surface area contributed by atoms with E-state index in [-0.39, 0.29) is 6.10 Å². The highest BCUT2D eigenvalue weighted by atomic mass is 35.5. The summed E-state index contributed by atoms with van der Waals surface area (Å²) in [5.74, 6) is 0.404. The highest BCUT2D eigenvalue weighted by molar-refractivity contribution is 6.20. The highest BCUT2D eigenvalue weighted by Gasteiger charge is 2.23. The molecule has 0 bridgehead atoms. The summed E-state index contributed by atoms with van der Waals surface area (Å²) in [6.07, 6.45) is 2.74.